The lowest BCUT2D eigenvalue weighted by Crippen LogP contribution is -2.67. The van der Waals surface area contributed by atoms with Crippen molar-refractivity contribution in [3.63, 3.8) is 0 Å². The molecule has 2 amide bonds. The molecule has 0 unspecified atom stereocenters. The molecule has 2 bridgehead atoms. The molecule has 2 heterocycles. The van der Waals surface area contributed by atoms with Crippen molar-refractivity contribution in [1.82, 2.24) is 10.6 Å². The number of carbonyl (C=O) groups is 2. The highest BCUT2D eigenvalue weighted by atomic mass is 16.5. The van der Waals surface area contributed by atoms with Crippen LogP contribution in [0.15, 0.2) is 47.1 Å². The number of rotatable bonds is 5. The summed E-state index contributed by atoms with van der Waals surface area (Å²) in [6, 6.07) is 11.3. The predicted molar refractivity (Wildman–Crippen MR) is 111 cm³/mol. The van der Waals surface area contributed by atoms with Gasteiger partial charge in [-0.1, -0.05) is 12.1 Å². The molecule has 2 N–H and O–H groups in total. The van der Waals surface area contributed by atoms with Crippen LogP contribution in [0.2, 0.25) is 0 Å². The largest absolute Gasteiger partial charge is 0.469 e. The van der Waals surface area contributed by atoms with E-state index >= 15 is 0 Å². The summed E-state index contributed by atoms with van der Waals surface area (Å²) in [5.41, 5.74) is -0.0833. The smallest absolute Gasteiger partial charge is 0.258 e. The zero-order valence-electron chi connectivity index (χ0n) is 17.2. The summed E-state index contributed by atoms with van der Waals surface area (Å²) in [7, 11) is 0. The number of para-hydroxylation sites is 1. The number of ether oxygens (including phenoxy) is 1. The van der Waals surface area contributed by atoms with Crippen LogP contribution in [0.5, 0.6) is 5.75 Å². The second-order valence-electron chi connectivity index (χ2n) is 9.05. The van der Waals surface area contributed by atoms with Crippen molar-refractivity contribution < 1.29 is 18.7 Å². The molecule has 1 aromatic carbocycles. The summed E-state index contributed by atoms with van der Waals surface area (Å²) in [6.45, 7) is 2.05. The van der Waals surface area contributed by atoms with E-state index in [1.54, 1.807) is 12.3 Å². The Morgan fingerprint density at radius 2 is 2.13 bits per heavy atom. The Labute approximate surface area is 176 Å². The minimum Gasteiger partial charge on any atom is -0.469 e. The highest BCUT2D eigenvalue weighted by Gasteiger charge is 2.57. The van der Waals surface area contributed by atoms with E-state index in [1.807, 2.05) is 37.3 Å². The quantitative estimate of drug-likeness (QED) is 0.791. The second kappa shape index (κ2) is 7.49. The lowest BCUT2D eigenvalue weighted by molar-refractivity contribution is -0.147. The molecular formula is C24H28N2O4. The Morgan fingerprint density at radius 3 is 2.90 bits per heavy atom. The molecule has 6 nitrogen and oxygen atoms in total. The average molecular weight is 408 g/mol. The van der Waals surface area contributed by atoms with E-state index in [9.17, 15) is 9.59 Å². The molecule has 6 rings (SSSR count). The van der Waals surface area contributed by atoms with E-state index in [1.165, 1.54) is 0 Å². The Balaban J connectivity index is 1.23. The highest BCUT2D eigenvalue weighted by molar-refractivity contribution is 5.98. The zero-order chi connectivity index (χ0) is 20.7. The molecule has 3 saturated carbocycles. The predicted octanol–water partition coefficient (Wildman–Crippen LogP) is 3.67. The molecule has 1 spiro atoms. The maximum Gasteiger partial charge on any atom is 0.258 e. The average Bonchev–Trinajstić information content (AvgIpc) is 3.26. The third-order valence-electron chi connectivity index (χ3n) is 7.10. The summed E-state index contributed by atoms with van der Waals surface area (Å²) in [4.78, 5) is 25.7. The third-order valence-corrected chi connectivity index (χ3v) is 7.10. The summed E-state index contributed by atoms with van der Waals surface area (Å²) in [6.07, 6.45) is 6.77. The summed E-state index contributed by atoms with van der Waals surface area (Å²) in [5.74, 6) is 2.01. The van der Waals surface area contributed by atoms with Gasteiger partial charge in [0.25, 0.3) is 5.91 Å². The van der Waals surface area contributed by atoms with E-state index in [4.69, 9.17) is 9.15 Å². The second-order valence-corrected chi connectivity index (χ2v) is 9.05. The lowest BCUT2D eigenvalue weighted by Gasteiger charge is -2.55. The molecular weight excluding hydrogens is 380 g/mol. The van der Waals surface area contributed by atoms with E-state index in [2.05, 4.69) is 10.6 Å². The van der Waals surface area contributed by atoms with Gasteiger partial charge in [0.2, 0.25) is 5.91 Å². The molecule has 0 radical (unpaired) electrons. The highest BCUT2D eigenvalue weighted by Crippen LogP contribution is 2.52. The van der Waals surface area contributed by atoms with Crippen LogP contribution < -0.4 is 15.4 Å². The molecule has 1 aliphatic heterocycles. The normalized spacial score (nSPS) is 30.3. The molecule has 5 atom stereocenters. The van der Waals surface area contributed by atoms with Gasteiger partial charge >= 0.3 is 0 Å². The van der Waals surface area contributed by atoms with Crippen LogP contribution in [-0.2, 0) is 11.2 Å². The van der Waals surface area contributed by atoms with Crippen molar-refractivity contribution in [2.24, 2.45) is 17.8 Å². The first-order valence-corrected chi connectivity index (χ1v) is 11.0. The van der Waals surface area contributed by atoms with E-state index in [0.717, 1.165) is 37.9 Å². The number of nitrogens with one attached hydrogen (secondary N) is 2. The van der Waals surface area contributed by atoms with Crippen LogP contribution in [0.25, 0.3) is 0 Å². The molecule has 4 aliphatic rings. The Morgan fingerprint density at radius 1 is 1.27 bits per heavy atom. The zero-order valence-corrected chi connectivity index (χ0v) is 17.2. The first kappa shape index (κ1) is 19.2. The monoisotopic (exact) mass is 408 g/mol. The lowest BCUT2D eigenvalue weighted by atomic mass is 9.60. The van der Waals surface area contributed by atoms with Crippen LogP contribution in [0.4, 0.5) is 0 Å². The molecule has 1 aromatic heterocycles. The maximum atomic E-state index is 13.0. The number of hydrogen-bond donors (Lipinski definition) is 2. The van der Waals surface area contributed by atoms with Gasteiger partial charge in [-0.25, -0.2) is 0 Å². The van der Waals surface area contributed by atoms with Crippen molar-refractivity contribution in [1.29, 1.82) is 0 Å². The van der Waals surface area contributed by atoms with E-state index in [0.29, 0.717) is 17.7 Å². The van der Waals surface area contributed by atoms with Gasteiger partial charge in [0.05, 0.1) is 11.8 Å². The van der Waals surface area contributed by atoms with Gasteiger partial charge in [-0.15, -0.1) is 0 Å². The van der Waals surface area contributed by atoms with Crippen molar-refractivity contribution >= 4 is 11.8 Å². The van der Waals surface area contributed by atoms with Crippen LogP contribution in [-0.4, -0.2) is 23.6 Å². The number of carbonyl (C=O) groups excluding carboxylic acids is 2. The molecule has 158 valence electrons. The number of benzene rings is 1. The van der Waals surface area contributed by atoms with Gasteiger partial charge < -0.3 is 19.8 Å². The minimum absolute atomic E-state index is 0.0156. The van der Waals surface area contributed by atoms with Gasteiger partial charge in [0.1, 0.15) is 11.5 Å². The minimum atomic E-state index is -0.671. The third kappa shape index (κ3) is 3.38. The molecule has 2 aromatic rings. The standard InChI is InChI=1S/C24H28N2O4/c1-15(8-11-18-5-4-12-29-18)25-22(27)20-13-17-10-9-16(20)14-24(17)26-23(28)19-6-2-3-7-21(19)30-24/h2-7,12,15-17,20H,8-11,13-14H2,1H3,(H,25,27)(H,26,28)/t15-,16-,17+,20-,24+/m1/s1. The van der Waals surface area contributed by atoms with Crippen molar-refractivity contribution in [2.45, 2.75) is 57.2 Å². The molecule has 0 saturated heterocycles. The maximum absolute atomic E-state index is 13.0. The van der Waals surface area contributed by atoms with Gasteiger partial charge in [-0.05, 0) is 62.8 Å². The summed E-state index contributed by atoms with van der Waals surface area (Å²) in [5, 5.41) is 6.36. The topological polar surface area (TPSA) is 80.6 Å². The Bertz CT molecular complexity index is 940. The van der Waals surface area contributed by atoms with Gasteiger partial charge in [-0.2, -0.15) is 0 Å². The van der Waals surface area contributed by atoms with Crippen LogP contribution in [0, 0.1) is 17.8 Å². The fraction of sp³-hybridized carbons (Fsp3) is 0.500. The van der Waals surface area contributed by atoms with E-state index in [-0.39, 0.29) is 35.6 Å². The molecule has 6 heteroatoms. The number of hydrogen-bond acceptors (Lipinski definition) is 4. The van der Waals surface area contributed by atoms with Crippen molar-refractivity contribution in [3.8, 4) is 5.75 Å². The van der Waals surface area contributed by atoms with Gasteiger partial charge in [0, 0.05) is 30.7 Å². The number of fused-ring (bicyclic) bond motifs is 3. The summed E-state index contributed by atoms with van der Waals surface area (Å²) >= 11 is 0. The number of amides is 2. The van der Waals surface area contributed by atoms with Crippen LogP contribution in [0.1, 0.15) is 55.1 Å². The number of furan rings is 1. The van der Waals surface area contributed by atoms with Gasteiger partial charge in [0.15, 0.2) is 5.72 Å². The summed E-state index contributed by atoms with van der Waals surface area (Å²) < 4.78 is 11.8. The molecule has 3 fully saturated rings. The van der Waals surface area contributed by atoms with Crippen molar-refractivity contribution in [3.05, 3.63) is 54.0 Å². The molecule has 30 heavy (non-hydrogen) atoms. The SMILES string of the molecule is C[C@H](CCc1ccco1)NC(=O)[C@@H]1C[C@@H]2CC[C@@H]1C[C@@]21NC(=O)c2ccccc2O1. The van der Waals surface area contributed by atoms with E-state index < -0.39 is 5.72 Å². The first-order valence-electron chi connectivity index (χ1n) is 11.0. The van der Waals surface area contributed by atoms with Crippen LogP contribution >= 0.6 is 0 Å². The van der Waals surface area contributed by atoms with Crippen molar-refractivity contribution in [2.75, 3.05) is 0 Å². The Hall–Kier alpha value is -2.76. The fourth-order valence-electron chi connectivity index (χ4n) is 5.52. The number of aryl methyl sites for hydroxylation is 1. The van der Waals surface area contributed by atoms with Crippen LogP contribution in [0.3, 0.4) is 0 Å². The Kier molecular flexibility index (Phi) is 4.80. The van der Waals surface area contributed by atoms with Gasteiger partial charge in [-0.3, -0.25) is 9.59 Å². The first-order chi connectivity index (χ1) is 14.5. The molecule has 3 aliphatic carbocycles. The fourth-order valence-corrected chi connectivity index (χ4v) is 5.52.